The third kappa shape index (κ3) is 2.18. The van der Waals surface area contributed by atoms with Crippen LogP contribution in [0.15, 0.2) is 17.1 Å². The molecule has 0 bridgehead atoms. The first-order valence-corrected chi connectivity index (χ1v) is 4.01. The summed E-state index contributed by atoms with van der Waals surface area (Å²) in [5, 5.41) is 0. The monoisotopic (exact) mass is 199 g/mol. The number of benzene rings is 1. The molecule has 0 spiro atoms. The molecule has 0 amide bonds. The summed E-state index contributed by atoms with van der Waals surface area (Å²) in [6, 6.07) is 2.56. The van der Waals surface area contributed by atoms with Gasteiger partial charge >= 0.3 is 0 Å². The highest BCUT2D eigenvalue weighted by atomic mass is 19.1. The van der Waals surface area contributed by atoms with Gasteiger partial charge in [-0.05, 0) is 18.6 Å². The number of hydrogen-bond acceptors (Lipinski definition) is 1. The smallest absolute Gasteiger partial charge is 0.186 e. The standard InChI is InChI=1S/C9H11F2N3/c1-5-2-3-7(10)6(8(5)11)4-14-9(12)13/h2-3H,4H2,1H3,(H4,12,13,14). The summed E-state index contributed by atoms with van der Waals surface area (Å²) in [6.45, 7) is 1.37. The Morgan fingerprint density at radius 3 is 2.57 bits per heavy atom. The van der Waals surface area contributed by atoms with Gasteiger partial charge in [-0.15, -0.1) is 0 Å². The molecule has 1 aromatic carbocycles. The molecule has 0 atom stereocenters. The van der Waals surface area contributed by atoms with Crippen LogP contribution >= 0.6 is 0 Å². The van der Waals surface area contributed by atoms with Gasteiger partial charge in [-0.3, -0.25) is 0 Å². The van der Waals surface area contributed by atoms with Crippen LogP contribution in [-0.4, -0.2) is 5.96 Å². The molecule has 1 rings (SSSR count). The van der Waals surface area contributed by atoms with Crippen molar-refractivity contribution in [2.45, 2.75) is 13.5 Å². The first-order chi connectivity index (χ1) is 6.52. The van der Waals surface area contributed by atoms with E-state index in [4.69, 9.17) is 11.5 Å². The molecule has 14 heavy (non-hydrogen) atoms. The number of nitrogens with zero attached hydrogens (tertiary/aromatic N) is 1. The van der Waals surface area contributed by atoms with Crippen molar-refractivity contribution in [3.8, 4) is 0 Å². The summed E-state index contributed by atoms with van der Waals surface area (Å²) in [7, 11) is 0. The lowest BCUT2D eigenvalue weighted by atomic mass is 10.1. The van der Waals surface area contributed by atoms with E-state index in [0.29, 0.717) is 5.56 Å². The predicted octanol–water partition coefficient (Wildman–Crippen LogP) is 1.05. The second-order valence-corrected chi connectivity index (χ2v) is 2.90. The maximum atomic E-state index is 13.3. The third-order valence-electron chi connectivity index (χ3n) is 1.80. The van der Waals surface area contributed by atoms with E-state index < -0.39 is 11.6 Å². The molecule has 0 saturated carbocycles. The number of aryl methyl sites for hydroxylation is 1. The Kier molecular flexibility index (Phi) is 3.01. The van der Waals surface area contributed by atoms with E-state index >= 15 is 0 Å². The topological polar surface area (TPSA) is 64.4 Å². The molecule has 76 valence electrons. The summed E-state index contributed by atoms with van der Waals surface area (Å²) in [5.74, 6) is -1.43. The molecular weight excluding hydrogens is 188 g/mol. The minimum absolute atomic E-state index is 0.113. The summed E-state index contributed by atoms with van der Waals surface area (Å²) in [5.41, 5.74) is 10.4. The third-order valence-corrected chi connectivity index (χ3v) is 1.80. The van der Waals surface area contributed by atoms with Gasteiger partial charge in [0.05, 0.1) is 6.54 Å². The minimum atomic E-state index is -0.641. The Bertz CT molecular complexity index is 371. The van der Waals surface area contributed by atoms with Crippen LogP contribution in [0.5, 0.6) is 0 Å². The van der Waals surface area contributed by atoms with E-state index in [9.17, 15) is 8.78 Å². The molecule has 0 aliphatic heterocycles. The Labute approximate surface area is 80.4 Å². The van der Waals surface area contributed by atoms with Gasteiger partial charge in [-0.1, -0.05) is 6.07 Å². The predicted molar refractivity (Wildman–Crippen MR) is 50.6 cm³/mol. The zero-order chi connectivity index (χ0) is 10.7. The van der Waals surface area contributed by atoms with Crippen LogP contribution in [0.4, 0.5) is 8.78 Å². The van der Waals surface area contributed by atoms with E-state index in [1.807, 2.05) is 0 Å². The van der Waals surface area contributed by atoms with E-state index in [0.717, 1.165) is 0 Å². The van der Waals surface area contributed by atoms with Crippen molar-refractivity contribution in [1.29, 1.82) is 0 Å². The SMILES string of the molecule is Cc1ccc(F)c(CN=C(N)N)c1F. The Morgan fingerprint density at radius 2 is 2.00 bits per heavy atom. The number of halogens is 2. The first-order valence-electron chi connectivity index (χ1n) is 4.01. The van der Waals surface area contributed by atoms with Gasteiger partial charge in [0.2, 0.25) is 0 Å². The van der Waals surface area contributed by atoms with Crippen molar-refractivity contribution < 1.29 is 8.78 Å². The Hall–Kier alpha value is -1.65. The van der Waals surface area contributed by atoms with Gasteiger partial charge in [0.15, 0.2) is 5.96 Å². The fourth-order valence-corrected chi connectivity index (χ4v) is 1.03. The van der Waals surface area contributed by atoms with Gasteiger partial charge < -0.3 is 11.5 Å². The highest BCUT2D eigenvalue weighted by Crippen LogP contribution is 2.16. The van der Waals surface area contributed by atoms with Crippen LogP contribution in [0.1, 0.15) is 11.1 Å². The minimum Gasteiger partial charge on any atom is -0.370 e. The molecule has 4 N–H and O–H groups in total. The van der Waals surface area contributed by atoms with Crippen LogP contribution in [0, 0.1) is 18.6 Å². The second kappa shape index (κ2) is 4.04. The second-order valence-electron chi connectivity index (χ2n) is 2.90. The molecule has 0 unspecified atom stereocenters. The zero-order valence-electron chi connectivity index (χ0n) is 7.72. The molecule has 0 aromatic heterocycles. The lowest BCUT2D eigenvalue weighted by molar-refractivity contribution is 0.551. The summed E-state index contributed by atoms with van der Waals surface area (Å²) in [4.78, 5) is 3.55. The van der Waals surface area contributed by atoms with Crippen molar-refractivity contribution in [2.24, 2.45) is 16.5 Å². The molecule has 3 nitrogen and oxygen atoms in total. The van der Waals surface area contributed by atoms with Crippen LogP contribution in [0.2, 0.25) is 0 Å². The number of guanidine groups is 1. The Balaban J connectivity index is 3.07. The van der Waals surface area contributed by atoms with Gasteiger partial charge in [0.25, 0.3) is 0 Å². The van der Waals surface area contributed by atoms with Gasteiger partial charge in [0, 0.05) is 5.56 Å². The average Bonchev–Trinajstić information content (AvgIpc) is 2.11. The van der Waals surface area contributed by atoms with E-state index in [-0.39, 0.29) is 18.1 Å². The summed E-state index contributed by atoms with van der Waals surface area (Å²) in [6.07, 6.45) is 0. The van der Waals surface area contributed by atoms with Gasteiger partial charge in [0.1, 0.15) is 11.6 Å². The van der Waals surface area contributed by atoms with Crippen LogP contribution < -0.4 is 11.5 Å². The summed E-state index contributed by atoms with van der Waals surface area (Å²) < 4.78 is 26.4. The quantitative estimate of drug-likeness (QED) is 0.552. The highest BCUT2D eigenvalue weighted by molar-refractivity contribution is 5.75. The largest absolute Gasteiger partial charge is 0.370 e. The summed E-state index contributed by atoms with van der Waals surface area (Å²) >= 11 is 0. The fraction of sp³-hybridized carbons (Fsp3) is 0.222. The molecule has 1 aromatic rings. The van der Waals surface area contributed by atoms with E-state index in [1.54, 1.807) is 6.92 Å². The van der Waals surface area contributed by atoms with Crippen molar-refractivity contribution in [3.05, 3.63) is 34.9 Å². The first kappa shape index (κ1) is 10.4. The van der Waals surface area contributed by atoms with Gasteiger partial charge in [-0.2, -0.15) is 0 Å². The lowest BCUT2D eigenvalue weighted by Gasteiger charge is -2.04. The van der Waals surface area contributed by atoms with Crippen molar-refractivity contribution in [2.75, 3.05) is 0 Å². The maximum absolute atomic E-state index is 13.3. The van der Waals surface area contributed by atoms with Crippen molar-refractivity contribution in [1.82, 2.24) is 0 Å². The van der Waals surface area contributed by atoms with Gasteiger partial charge in [-0.25, -0.2) is 13.8 Å². The molecule has 0 radical (unpaired) electrons. The fourth-order valence-electron chi connectivity index (χ4n) is 1.03. The van der Waals surface area contributed by atoms with E-state index in [2.05, 4.69) is 4.99 Å². The van der Waals surface area contributed by atoms with Crippen molar-refractivity contribution in [3.63, 3.8) is 0 Å². The van der Waals surface area contributed by atoms with Crippen molar-refractivity contribution >= 4 is 5.96 Å². The van der Waals surface area contributed by atoms with Crippen LogP contribution in [0.25, 0.3) is 0 Å². The highest BCUT2D eigenvalue weighted by Gasteiger charge is 2.10. The van der Waals surface area contributed by atoms with Crippen LogP contribution in [-0.2, 0) is 6.54 Å². The normalized spacial score (nSPS) is 9.93. The molecule has 0 aliphatic carbocycles. The molecule has 0 heterocycles. The molecule has 0 saturated heterocycles. The number of aliphatic imine (C=N–C) groups is 1. The van der Waals surface area contributed by atoms with Crippen LogP contribution in [0.3, 0.4) is 0 Å². The maximum Gasteiger partial charge on any atom is 0.186 e. The average molecular weight is 199 g/mol. The number of rotatable bonds is 2. The molecule has 0 fully saturated rings. The molecule has 0 aliphatic rings. The lowest BCUT2D eigenvalue weighted by Crippen LogP contribution is -2.22. The van der Waals surface area contributed by atoms with E-state index in [1.165, 1.54) is 12.1 Å². The number of nitrogens with two attached hydrogens (primary N) is 2. The molecular formula is C9H11F2N3. The molecule has 5 heteroatoms. The Morgan fingerprint density at radius 1 is 1.36 bits per heavy atom. The number of hydrogen-bond donors (Lipinski definition) is 2. The zero-order valence-corrected chi connectivity index (χ0v) is 7.72.